The summed E-state index contributed by atoms with van der Waals surface area (Å²) in [5, 5.41) is 37.0. The molecule has 484 valence electrons. The lowest BCUT2D eigenvalue weighted by molar-refractivity contribution is -0.141. The number of H-pyrrole nitrogens is 1. The van der Waals surface area contributed by atoms with E-state index in [1.807, 2.05) is 49.4 Å². The zero-order valence-corrected chi connectivity index (χ0v) is 57.7. The standard InChI is InChI=1S/C13H22.2C12H14N2.2C11H14N4.C10H18O.C8H14/c1-9(2)13-6-10-3-11(7-13)5-12(4-10)8-13;1-10(2)11-4-6-12(7-5-11)14-9-3-8-13-14;1-9(2)10-4-3-5-11(8-10)12-13-6-7-14-12;1-8(2)9-4-6-10(7-5-9)11-12-13-14-15(11)3;1-8(2)9-5-4-6-10(7-9)11-12-13-14-15(11)3;1-8(2)9-3-5-10(11,7-9)6-4-9;1-6(2)8-3-7(4-8)5-8/h9-12H,3-8H2,1-2H3;3-10H,1-2H3;3-9H,1-2H3,(H,13,14);2*4-8H,1-3H3;8,11H,3-7H2,1-2H3;6-7H,3-5H2,1-2H3. The monoisotopic (exact) mass is 1220 g/mol. The summed E-state index contributed by atoms with van der Waals surface area (Å²) in [6.45, 7) is 31.8. The minimum Gasteiger partial charge on any atom is -0.390 e. The van der Waals surface area contributed by atoms with Crippen molar-refractivity contribution in [1.29, 1.82) is 0 Å². The van der Waals surface area contributed by atoms with Crippen LogP contribution in [-0.4, -0.2) is 70.9 Å². The van der Waals surface area contributed by atoms with Crippen LogP contribution >= 0.6 is 0 Å². The van der Waals surface area contributed by atoms with E-state index in [0.29, 0.717) is 29.1 Å². The summed E-state index contributed by atoms with van der Waals surface area (Å²) in [6, 6.07) is 35.6. The summed E-state index contributed by atoms with van der Waals surface area (Å²) in [7, 11) is 3.68. The lowest BCUT2D eigenvalue weighted by Crippen LogP contribution is -2.54. The van der Waals surface area contributed by atoms with Crippen molar-refractivity contribution < 1.29 is 5.11 Å². The average Bonchev–Trinajstić information content (AvgIpc) is 0.944. The van der Waals surface area contributed by atoms with Crippen molar-refractivity contribution in [2.75, 3.05) is 0 Å². The Morgan fingerprint density at radius 3 is 1.27 bits per heavy atom. The summed E-state index contributed by atoms with van der Waals surface area (Å²) in [6.07, 6.45) is 27.3. The van der Waals surface area contributed by atoms with Crippen LogP contribution < -0.4 is 0 Å². The smallest absolute Gasteiger partial charge is 0.181 e. The van der Waals surface area contributed by atoms with Gasteiger partial charge < -0.3 is 10.1 Å². The molecule has 9 aliphatic rings. The number of hydrogen-bond acceptors (Lipinski definition) is 9. The van der Waals surface area contributed by atoms with Gasteiger partial charge in [0, 0.05) is 55.6 Å². The van der Waals surface area contributed by atoms with Gasteiger partial charge in [-0.25, -0.2) is 19.0 Å². The summed E-state index contributed by atoms with van der Waals surface area (Å²) < 4.78 is 5.22. The topological polar surface area (TPSA) is 154 Å². The predicted octanol–water partition coefficient (Wildman–Crippen LogP) is 18.8. The normalized spacial score (nSPS) is 25.2. The molecule has 0 aliphatic heterocycles. The van der Waals surface area contributed by atoms with Gasteiger partial charge in [0.25, 0.3) is 0 Å². The van der Waals surface area contributed by atoms with Crippen molar-refractivity contribution in [3.05, 3.63) is 150 Å². The second-order valence-electron chi connectivity index (χ2n) is 30.6. The first-order valence-electron chi connectivity index (χ1n) is 34.5. The summed E-state index contributed by atoms with van der Waals surface area (Å²) in [5.41, 5.74) is 11.7. The van der Waals surface area contributed by atoms with Crippen molar-refractivity contribution in [3.63, 3.8) is 0 Å². The molecule has 0 radical (unpaired) electrons. The van der Waals surface area contributed by atoms with E-state index in [1.165, 1.54) is 35.1 Å². The van der Waals surface area contributed by atoms with Gasteiger partial charge in [0.1, 0.15) is 5.82 Å². The highest BCUT2D eigenvalue weighted by Crippen LogP contribution is 2.68. The minimum atomic E-state index is -0.246. The third kappa shape index (κ3) is 16.3. The summed E-state index contributed by atoms with van der Waals surface area (Å²) in [4.78, 5) is 7.34. The van der Waals surface area contributed by atoms with E-state index in [1.54, 1.807) is 79.5 Å². The first-order valence-corrected chi connectivity index (χ1v) is 34.5. The van der Waals surface area contributed by atoms with Gasteiger partial charge in [-0.2, -0.15) is 5.10 Å². The summed E-state index contributed by atoms with van der Waals surface area (Å²) in [5.74, 6) is 12.0. The number of nitrogens with zero attached hydrogens (tertiary/aromatic N) is 11. The van der Waals surface area contributed by atoms with Crippen LogP contribution in [0, 0.1) is 57.7 Å². The minimum absolute atomic E-state index is 0.246. The van der Waals surface area contributed by atoms with Crippen molar-refractivity contribution in [2.45, 2.75) is 216 Å². The molecule has 13 heteroatoms. The van der Waals surface area contributed by atoms with Gasteiger partial charge in [-0.3, -0.25) is 0 Å². The maximum Gasteiger partial charge on any atom is 0.181 e. The molecule has 8 bridgehead atoms. The van der Waals surface area contributed by atoms with Crippen LogP contribution in [0.1, 0.15) is 233 Å². The van der Waals surface area contributed by atoms with Gasteiger partial charge in [-0.1, -0.05) is 170 Å². The lowest BCUT2D eigenvalue weighted by atomic mass is 9.41. The Bertz CT molecular complexity index is 3380. The van der Waals surface area contributed by atoms with Gasteiger partial charge in [-0.15, -0.1) is 10.2 Å². The third-order valence-electron chi connectivity index (χ3n) is 22.2. The molecule has 9 saturated carbocycles. The fourth-order valence-corrected chi connectivity index (χ4v) is 16.0. The molecule has 90 heavy (non-hydrogen) atoms. The van der Waals surface area contributed by atoms with E-state index in [-0.39, 0.29) is 5.60 Å². The molecule has 0 amide bonds. The second kappa shape index (κ2) is 29.3. The molecule has 0 atom stereocenters. The molecule has 4 aromatic heterocycles. The van der Waals surface area contributed by atoms with Crippen LogP contribution in [0.5, 0.6) is 0 Å². The van der Waals surface area contributed by atoms with Crippen LogP contribution in [0.3, 0.4) is 0 Å². The van der Waals surface area contributed by atoms with Crippen molar-refractivity contribution in [1.82, 2.24) is 60.2 Å². The van der Waals surface area contributed by atoms with Gasteiger partial charge >= 0.3 is 0 Å². The predicted molar refractivity (Wildman–Crippen MR) is 368 cm³/mol. The van der Waals surface area contributed by atoms with Crippen molar-refractivity contribution in [2.24, 2.45) is 71.8 Å². The largest absolute Gasteiger partial charge is 0.390 e. The Kier molecular flexibility index (Phi) is 22.1. The molecule has 2 N–H and O–H groups in total. The number of fused-ring (bicyclic) bond motifs is 2. The second-order valence-corrected chi connectivity index (χ2v) is 30.6. The number of aromatic nitrogens is 12. The summed E-state index contributed by atoms with van der Waals surface area (Å²) >= 11 is 0. The third-order valence-corrected chi connectivity index (χ3v) is 22.2. The number of nitrogens with one attached hydrogen (secondary N) is 1. The molecule has 8 aromatic rings. The van der Waals surface area contributed by atoms with Crippen LogP contribution in [0.15, 0.2) is 128 Å². The Hall–Kier alpha value is -6.60. The van der Waals surface area contributed by atoms with E-state index >= 15 is 0 Å². The maximum absolute atomic E-state index is 9.96. The number of aryl methyl sites for hydroxylation is 2. The van der Waals surface area contributed by atoms with Gasteiger partial charge in [0.15, 0.2) is 11.6 Å². The maximum atomic E-state index is 9.96. The highest BCUT2D eigenvalue weighted by molar-refractivity contribution is 5.57. The Labute approximate surface area is 540 Å². The molecule has 0 saturated heterocycles. The van der Waals surface area contributed by atoms with Crippen LogP contribution in [0.4, 0.5) is 0 Å². The molecule has 17 rings (SSSR count). The molecule has 9 fully saturated rings. The molecule has 0 spiro atoms. The lowest BCUT2D eigenvalue weighted by Gasteiger charge is -2.64. The Morgan fingerprint density at radius 1 is 0.467 bits per heavy atom. The Morgan fingerprint density at radius 2 is 0.911 bits per heavy atom. The number of imidazole rings is 1. The van der Waals surface area contributed by atoms with Crippen molar-refractivity contribution >= 4 is 0 Å². The number of aromatic amines is 1. The Balaban J connectivity index is 0.000000125. The zero-order chi connectivity index (χ0) is 64.5. The molecule has 9 aliphatic carbocycles. The molecule has 0 unspecified atom stereocenters. The molecule has 13 nitrogen and oxygen atoms in total. The SMILES string of the molecule is CC(C)C12CC(C1)C2.CC(C)C12CC3CC(CC(C3)C1)C2.CC(C)C12CCC(O)(CC1)C2.CC(C)c1ccc(-c2nnnn2C)cc1.CC(C)c1ccc(-n2cccn2)cc1.CC(C)c1cccc(-c2ncc[nH]2)c1.CC(C)c1cccc(-c2nnnn2C)c1. The van der Waals surface area contributed by atoms with Gasteiger partial charge in [0.2, 0.25) is 0 Å². The average molecular weight is 1220 g/mol. The molecular formula is C77H110N12O. The van der Waals surface area contributed by atoms with Gasteiger partial charge in [-0.05, 0) is 245 Å². The van der Waals surface area contributed by atoms with Crippen LogP contribution in [-0.2, 0) is 14.1 Å². The van der Waals surface area contributed by atoms with E-state index in [0.717, 1.165) is 111 Å². The highest BCUT2D eigenvalue weighted by atomic mass is 16.3. The van der Waals surface area contributed by atoms with Crippen LogP contribution in [0.2, 0.25) is 0 Å². The number of rotatable bonds is 11. The zero-order valence-electron chi connectivity index (χ0n) is 57.7. The van der Waals surface area contributed by atoms with E-state index < -0.39 is 0 Å². The first-order chi connectivity index (χ1) is 42.9. The van der Waals surface area contributed by atoms with E-state index in [9.17, 15) is 5.11 Å². The molecule has 4 heterocycles. The fourth-order valence-electron chi connectivity index (χ4n) is 16.0. The van der Waals surface area contributed by atoms with E-state index in [2.05, 4.69) is 228 Å². The van der Waals surface area contributed by atoms with Gasteiger partial charge in [0.05, 0.1) is 11.3 Å². The van der Waals surface area contributed by atoms with E-state index in [4.69, 9.17) is 0 Å². The number of tetrazole rings is 2. The van der Waals surface area contributed by atoms with Crippen LogP contribution in [0.25, 0.3) is 39.9 Å². The van der Waals surface area contributed by atoms with Crippen molar-refractivity contribution in [3.8, 4) is 39.9 Å². The fraction of sp³-hybridized carbons (Fsp3) is 0.584. The quantitative estimate of drug-likeness (QED) is 0.129. The number of aliphatic hydroxyl groups is 1. The highest BCUT2D eigenvalue weighted by Gasteiger charge is 2.58. The molecule has 4 aromatic carbocycles. The molecular weight excluding hydrogens is 1110 g/mol. The number of benzene rings is 4. The first kappa shape index (κ1) is 67.8. The number of hydrogen-bond donors (Lipinski definition) is 2.